The van der Waals surface area contributed by atoms with E-state index in [1.807, 2.05) is 38.2 Å². The number of nitrogens with zero attached hydrogens (tertiary/aromatic N) is 1. The first-order valence-corrected chi connectivity index (χ1v) is 7.29. The molecule has 1 aromatic rings. The van der Waals surface area contributed by atoms with Crippen molar-refractivity contribution in [3.05, 3.63) is 29.8 Å². The highest BCUT2D eigenvalue weighted by Gasteiger charge is 2.23. The second kappa shape index (κ2) is 6.64. The largest absolute Gasteiger partial charge is 0.496 e. The van der Waals surface area contributed by atoms with E-state index in [0.717, 1.165) is 24.2 Å². The fourth-order valence-corrected chi connectivity index (χ4v) is 2.74. The van der Waals surface area contributed by atoms with E-state index in [4.69, 9.17) is 4.74 Å². The van der Waals surface area contributed by atoms with Crippen LogP contribution in [0.3, 0.4) is 0 Å². The van der Waals surface area contributed by atoms with Crippen molar-refractivity contribution in [3.8, 4) is 5.75 Å². The van der Waals surface area contributed by atoms with Gasteiger partial charge in [0.1, 0.15) is 5.75 Å². The van der Waals surface area contributed by atoms with Crippen molar-refractivity contribution >= 4 is 6.03 Å². The van der Waals surface area contributed by atoms with Gasteiger partial charge in [0.2, 0.25) is 0 Å². The molecular formula is C16H24N2O2. The number of para-hydroxylation sites is 1. The first kappa shape index (κ1) is 14.7. The van der Waals surface area contributed by atoms with Crippen LogP contribution in [0.15, 0.2) is 24.3 Å². The molecule has 20 heavy (non-hydrogen) atoms. The van der Waals surface area contributed by atoms with Crippen molar-refractivity contribution < 1.29 is 9.53 Å². The van der Waals surface area contributed by atoms with Crippen molar-refractivity contribution in [2.75, 3.05) is 14.2 Å². The topological polar surface area (TPSA) is 41.6 Å². The molecule has 0 radical (unpaired) electrons. The summed E-state index contributed by atoms with van der Waals surface area (Å²) >= 11 is 0. The first-order valence-electron chi connectivity index (χ1n) is 7.29. The summed E-state index contributed by atoms with van der Waals surface area (Å²) < 4.78 is 5.37. The Morgan fingerprint density at radius 2 is 2.00 bits per heavy atom. The number of methoxy groups -OCH3 is 1. The predicted octanol–water partition coefficient (Wildman–Crippen LogP) is 3.34. The van der Waals surface area contributed by atoms with E-state index in [1.165, 1.54) is 12.8 Å². The zero-order valence-electron chi connectivity index (χ0n) is 12.6. The Labute approximate surface area is 121 Å². The minimum absolute atomic E-state index is 0.00435. The predicted molar refractivity (Wildman–Crippen MR) is 80.0 cm³/mol. The molecule has 4 heteroatoms. The molecule has 1 aliphatic rings. The normalized spacial score (nSPS) is 16.8. The lowest BCUT2D eigenvalue weighted by atomic mass is 10.1. The van der Waals surface area contributed by atoms with Crippen molar-refractivity contribution in [1.82, 2.24) is 10.2 Å². The molecule has 110 valence electrons. The van der Waals surface area contributed by atoms with Gasteiger partial charge < -0.3 is 15.0 Å². The SMILES string of the molecule is COc1ccccc1[C@H](C)N(C)C(=O)NC1CCCC1. The molecule has 2 amide bonds. The Bertz CT molecular complexity index is 456. The average molecular weight is 276 g/mol. The molecule has 0 heterocycles. The van der Waals surface area contributed by atoms with Crippen molar-refractivity contribution in [2.24, 2.45) is 0 Å². The maximum Gasteiger partial charge on any atom is 0.317 e. The van der Waals surface area contributed by atoms with E-state index in [1.54, 1.807) is 12.0 Å². The number of amides is 2. The monoisotopic (exact) mass is 276 g/mol. The molecule has 1 saturated carbocycles. The van der Waals surface area contributed by atoms with Gasteiger partial charge in [0, 0.05) is 18.7 Å². The number of nitrogens with one attached hydrogen (secondary N) is 1. The van der Waals surface area contributed by atoms with Crippen molar-refractivity contribution in [2.45, 2.75) is 44.7 Å². The summed E-state index contributed by atoms with van der Waals surface area (Å²) in [6.07, 6.45) is 4.64. The van der Waals surface area contributed by atoms with E-state index < -0.39 is 0 Å². The van der Waals surface area contributed by atoms with E-state index in [2.05, 4.69) is 5.32 Å². The maximum atomic E-state index is 12.3. The summed E-state index contributed by atoms with van der Waals surface area (Å²) in [4.78, 5) is 14.0. The summed E-state index contributed by atoms with van der Waals surface area (Å²) in [7, 11) is 3.49. The zero-order valence-corrected chi connectivity index (χ0v) is 12.6. The highest BCUT2D eigenvalue weighted by Crippen LogP contribution is 2.28. The lowest BCUT2D eigenvalue weighted by Crippen LogP contribution is -2.43. The van der Waals surface area contributed by atoms with E-state index in [0.29, 0.717) is 6.04 Å². The van der Waals surface area contributed by atoms with Gasteiger partial charge in [-0.05, 0) is 25.8 Å². The third kappa shape index (κ3) is 3.24. The van der Waals surface area contributed by atoms with E-state index >= 15 is 0 Å². The Morgan fingerprint density at radius 3 is 2.65 bits per heavy atom. The third-order valence-corrected chi connectivity index (χ3v) is 4.17. The number of urea groups is 1. The minimum Gasteiger partial charge on any atom is -0.496 e. The van der Waals surface area contributed by atoms with Gasteiger partial charge in [-0.25, -0.2) is 4.79 Å². The lowest BCUT2D eigenvalue weighted by Gasteiger charge is -2.28. The molecule has 0 unspecified atom stereocenters. The van der Waals surface area contributed by atoms with Crippen LogP contribution in [0.4, 0.5) is 4.79 Å². The summed E-state index contributed by atoms with van der Waals surface area (Å²) in [6.45, 7) is 2.02. The van der Waals surface area contributed by atoms with Crippen LogP contribution in [0, 0.1) is 0 Å². The summed E-state index contributed by atoms with van der Waals surface area (Å²) in [5, 5.41) is 3.11. The maximum absolute atomic E-state index is 12.3. The van der Waals surface area contributed by atoms with Gasteiger partial charge >= 0.3 is 6.03 Å². The van der Waals surface area contributed by atoms with Gasteiger partial charge in [-0.1, -0.05) is 31.0 Å². The zero-order chi connectivity index (χ0) is 14.5. The summed E-state index contributed by atoms with van der Waals surface area (Å²) in [6, 6.07) is 8.15. The molecule has 0 saturated heterocycles. The van der Waals surface area contributed by atoms with Gasteiger partial charge in [-0.2, -0.15) is 0 Å². The van der Waals surface area contributed by atoms with Crippen LogP contribution in [0.5, 0.6) is 5.75 Å². The molecule has 1 atom stereocenters. The quantitative estimate of drug-likeness (QED) is 0.916. The molecule has 1 aromatic carbocycles. The fraction of sp³-hybridized carbons (Fsp3) is 0.562. The van der Waals surface area contributed by atoms with Gasteiger partial charge in [0.25, 0.3) is 0 Å². The van der Waals surface area contributed by atoms with Crippen LogP contribution in [-0.2, 0) is 0 Å². The minimum atomic E-state index is -0.0208. The van der Waals surface area contributed by atoms with Crippen LogP contribution < -0.4 is 10.1 Å². The van der Waals surface area contributed by atoms with Crippen LogP contribution in [0.1, 0.15) is 44.2 Å². The summed E-state index contributed by atoms with van der Waals surface area (Å²) in [5.41, 5.74) is 1.03. The highest BCUT2D eigenvalue weighted by molar-refractivity contribution is 5.75. The molecule has 4 nitrogen and oxygen atoms in total. The molecule has 1 N–H and O–H groups in total. The molecular weight excluding hydrogens is 252 g/mol. The van der Waals surface area contributed by atoms with Gasteiger partial charge in [0.15, 0.2) is 0 Å². The van der Waals surface area contributed by atoms with Crippen molar-refractivity contribution in [3.63, 3.8) is 0 Å². The number of ether oxygens (including phenoxy) is 1. The first-order chi connectivity index (χ1) is 9.63. The third-order valence-electron chi connectivity index (χ3n) is 4.17. The average Bonchev–Trinajstić information content (AvgIpc) is 2.98. The number of benzene rings is 1. The van der Waals surface area contributed by atoms with Gasteiger partial charge in [0.05, 0.1) is 13.2 Å². The van der Waals surface area contributed by atoms with Crippen LogP contribution in [0.25, 0.3) is 0 Å². The fourth-order valence-electron chi connectivity index (χ4n) is 2.74. The summed E-state index contributed by atoms with van der Waals surface area (Å²) in [5.74, 6) is 0.820. The highest BCUT2D eigenvalue weighted by atomic mass is 16.5. The van der Waals surface area contributed by atoms with Crippen molar-refractivity contribution in [1.29, 1.82) is 0 Å². The molecule has 0 aromatic heterocycles. The molecule has 0 bridgehead atoms. The second-order valence-corrected chi connectivity index (χ2v) is 5.46. The van der Waals surface area contributed by atoms with Crippen LogP contribution >= 0.6 is 0 Å². The smallest absolute Gasteiger partial charge is 0.317 e. The Morgan fingerprint density at radius 1 is 1.35 bits per heavy atom. The van der Waals surface area contributed by atoms with Gasteiger partial charge in [-0.3, -0.25) is 0 Å². The molecule has 1 fully saturated rings. The second-order valence-electron chi connectivity index (χ2n) is 5.46. The molecule has 2 rings (SSSR count). The Balaban J connectivity index is 2.03. The van der Waals surface area contributed by atoms with Crippen LogP contribution in [0.2, 0.25) is 0 Å². The number of rotatable bonds is 4. The van der Waals surface area contributed by atoms with E-state index in [-0.39, 0.29) is 12.1 Å². The number of carbonyl (C=O) groups is 1. The lowest BCUT2D eigenvalue weighted by molar-refractivity contribution is 0.189. The Kier molecular flexibility index (Phi) is 4.88. The Hall–Kier alpha value is -1.71. The molecule has 0 spiro atoms. The number of hydrogen-bond donors (Lipinski definition) is 1. The van der Waals surface area contributed by atoms with Crippen LogP contribution in [-0.4, -0.2) is 31.1 Å². The molecule has 0 aliphatic heterocycles. The molecule has 1 aliphatic carbocycles. The number of carbonyl (C=O) groups excluding carboxylic acids is 1. The van der Waals surface area contributed by atoms with E-state index in [9.17, 15) is 4.79 Å². The number of hydrogen-bond acceptors (Lipinski definition) is 2. The van der Waals surface area contributed by atoms with Gasteiger partial charge in [-0.15, -0.1) is 0 Å². The standard InChI is InChI=1S/C16H24N2O2/c1-12(14-10-6-7-11-15(14)20-3)18(2)16(19)17-13-8-4-5-9-13/h6-7,10-13H,4-5,8-9H2,1-3H3,(H,17,19)/t12-/m0/s1.